The summed E-state index contributed by atoms with van der Waals surface area (Å²) >= 11 is 0. The first-order valence-corrected chi connectivity index (χ1v) is 4.27. The Bertz CT molecular complexity index is 256. The number of H-pyrrole nitrogens is 1. The van der Waals surface area contributed by atoms with Crippen molar-refractivity contribution >= 4 is 5.91 Å². The van der Waals surface area contributed by atoms with Gasteiger partial charge in [-0.05, 0) is 19.2 Å². The molecule has 0 fully saturated rings. The van der Waals surface area contributed by atoms with Crippen LogP contribution in [0.5, 0.6) is 0 Å². The fourth-order valence-electron chi connectivity index (χ4n) is 1.18. The molecule has 0 saturated carbocycles. The van der Waals surface area contributed by atoms with Gasteiger partial charge >= 0.3 is 0 Å². The molecule has 0 spiro atoms. The van der Waals surface area contributed by atoms with Crippen molar-refractivity contribution in [1.82, 2.24) is 9.88 Å². The van der Waals surface area contributed by atoms with Crippen LogP contribution in [-0.4, -0.2) is 35.9 Å². The summed E-state index contributed by atoms with van der Waals surface area (Å²) < 4.78 is 0. The van der Waals surface area contributed by atoms with E-state index in [9.17, 15) is 4.79 Å². The van der Waals surface area contributed by atoms with Gasteiger partial charge in [0.2, 0.25) is 5.91 Å². The van der Waals surface area contributed by atoms with Crippen molar-refractivity contribution in [1.29, 1.82) is 0 Å². The van der Waals surface area contributed by atoms with Crippen molar-refractivity contribution < 1.29 is 4.79 Å². The van der Waals surface area contributed by atoms with Gasteiger partial charge in [0.15, 0.2) is 0 Å². The number of likely N-dealkylation sites (N-methyl/N-ethyl adjacent to an activating group) is 1. The Kier molecular flexibility index (Phi) is 3.52. The van der Waals surface area contributed by atoms with Crippen LogP contribution < -0.4 is 5.73 Å². The lowest BCUT2D eigenvalue weighted by Crippen LogP contribution is -2.32. The third-order valence-electron chi connectivity index (χ3n) is 1.85. The van der Waals surface area contributed by atoms with Crippen molar-refractivity contribution in [2.45, 2.75) is 6.42 Å². The molecule has 1 aromatic heterocycles. The van der Waals surface area contributed by atoms with E-state index in [2.05, 4.69) is 4.98 Å². The molecular formula is C9H15N3O. The van der Waals surface area contributed by atoms with Gasteiger partial charge in [0.25, 0.3) is 0 Å². The summed E-state index contributed by atoms with van der Waals surface area (Å²) in [6.07, 6.45) is 2.81. The molecule has 0 aliphatic heterocycles. The number of nitrogens with zero attached hydrogens (tertiary/aromatic N) is 1. The number of carbonyl (C=O) groups excluding carboxylic acids is 1. The lowest BCUT2D eigenvalue weighted by molar-refractivity contribution is -0.118. The molecule has 1 rings (SSSR count). The molecule has 4 nitrogen and oxygen atoms in total. The number of carbonyl (C=O) groups is 1. The highest BCUT2D eigenvalue weighted by Crippen LogP contribution is 1.96. The van der Waals surface area contributed by atoms with Crippen molar-refractivity contribution in [2.75, 3.05) is 20.1 Å². The van der Waals surface area contributed by atoms with E-state index in [1.54, 1.807) is 0 Å². The number of hydrogen-bond donors (Lipinski definition) is 2. The maximum Gasteiger partial charge on any atom is 0.231 e. The van der Waals surface area contributed by atoms with Gasteiger partial charge in [-0.1, -0.05) is 0 Å². The average Bonchev–Trinajstić information content (AvgIpc) is 2.51. The van der Waals surface area contributed by atoms with Gasteiger partial charge in [-0.15, -0.1) is 0 Å². The van der Waals surface area contributed by atoms with E-state index in [0.29, 0.717) is 6.54 Å². The van der Waals surface area contributed by atoms with Crippen LogP contribution in [0.1, 0.15) is 5.69 Å². The molecule has 0 aliphatic carbocycles. The summed E-state index contributed by atoms with van der Waals surface area (Å²) in [5.41, 5.74) is 6.23. The minimum absolute atomic E-state index is 0.283. The number of nitrogens with two attached hydrogens (primary N) is 1. The molecular weight excluding hydrogens is 166 g/mol. The number of aromatic amines is 1. The lowest BCUT2D eigenvalue weighted by atomic mass is 10.3. The summed E-state index contributed by atoms with van der Waals surface area (Å²) in [6.45, 7) is 1.16. The van der Waals surface area contributed by atoms with E-state index in [1.807, 2.05) is 30.3 Å². The minimum atomic E-state index is -0.283. The zero-order valence-electron chi connectivity index (χ0n) is 7.79. The molecule has 0 radical (unpaired) electrons. The molecule has 0 saturated heterocycles. The predicted octanol–water partition coefficient (Wildman–Crippen LogP) is -0.0257. The highest BCUT2D eigenvalue weighted by atomic mass is 16.1. The van der Waals surface area contributed by atoms with Gasteiger partial charge in [-0.2, -0.15) is 0 Å². The minimum Gasteiger partial charge on any atom is -0.369 e. The standard InChI is InChI=1S/C9H15N3O/c1-12(7-9(10)13)6-4-8-3-2-5-11-8/h2-3,5,11H,4,6-7H2,1H3,(H2,10,13). The van der Waals surface area contributed by atoms with Crippen molar-refractivity contribution in [3.05, 3.63) is 24.0 Å². The first kappa shape index (κ1) is 9.80. The number of rotatable bonds is 5. The Morgan fingerprint density at radius 3 is 3.00 bits per heavy atom. The van der Waals surface area contributed by atoms with Crippen LogP contribution in [0.2, 0.25) is 0 Å². The molecule has 0 atom stereocenters. The molecule has 1 heterocycles. The normalized spacial score (nSPS) is 10.6. The first-order valence-electron chi connectivity index (χ1n) is 4.27. The van der Waals surface area contributed by atoms with Crippen LogP contribution in [0.3, 0.4) is 0 Å². The maximum atomic E-state index is 10.5. The number of primary amides is 1. The second-order valence-corrected chi connectivity index (χ2v) is 3.15. The second kappa shape index (κ2) is 4.67. The molecule has 0 bridgehead atoms. The molecule has 0 aliphatic rings. The van der Waals surface area contributed by atoms with Crippen molar-refractivity contribution in [2.24, 2.45) is 5.73 Å². The van der Waals surface area contributed by atoms with Gasteiger partial charge in [0.05, 0.1) is 6.54 Å². The van der Waals surface area contributed by atoms with E-state index in [4.69, 9.17) is 5.73 Å². The topological polar surface area (TPSA) is 62.1 Å². The van der Waals surface area contributed by atoms with E-state index in [1.165, 1.54) is 5.69 Å². The van der Waals surface area contributed by atoms with Crippen LogP contribution in [0.25, 0.3) is 0 Å². The Morgan fingerprint density at radius 1 is 1.69 bits per heavy atom. The van der Waals surface area contributed by atoms with E-state index in [-0.39, 0.29) is 5.91 Å². The lowest BCUT2D eigenvalue weighted by Gasteiger charge is -2.13. The van der Waals surface area contributed by atoms with Gasteiger partial charge in [-0.3, -0.25) is 9.69 Å². The van der Waals surface area contributed by atoms with Gasteiger partial charge in [0.1, 0.15) is 0 Å². The van der Waals surface area contributed by atoms with Gasteiger partial charge in [0, 0.05) is 24.9 Å². The SMILES string of the molecule is CN(CCc1ccc[nH]1)CC(N)=O. The maximum absolute atomic E-state index is 10.5. The Morgan fingerprint density at radius 2 is 2.46 bits per heavy atom. The zero-order valence-corrected chi connectivity index (χ0v) is 7.79. The zero-order chi connectivity index (χ0) is 9.68. The van der Waals surface area contributed by atoms with E-state index in [0.717, 1.165) is 13.0 Å². The third-order valence-corrected chi connectivity index (χ3v) is 1.85. The van der Waals surface area contributed by atoms with Crippen LogP contribution in [0.15, 0.2) is 18.3 Å². The molecule has 72 valence electrons. The van der Waals surface area contributed by atoms with Crippen LogP contribution in [0.4, 0.5) is 0 Å². The van der Waals surface area contributed by atoms with Crippen molar-refractivity contribution in [3.63, 3.8) is 0 Å². The molecule has 13 heavy (non-hydrogen) atoms. The smallest absolute Gasteiger partial charge is 0.231 e. The van der Waals surface area contributed by atoms with Gasteiger partial charge < -0.3 is 10.7 Å². The second-order valence-electron chi connectivity index (χ2n) is 3.15. The number of nitrogens with one attached hydrogen (secondary N) is 1. The number of hydrogen-bond acceptors (Lipinski definition) is 2. The molecule has 0 unspecified atom stereocenters. The fraction of sp³-hybridized carbons (Fsp3) is 0.444. The summed E-state index contributed by atoms with van der Waals surface area (Å²) in [4.78, 5) is 15.6. The van der Waals surface area contributed by atoms with E-state index >= 15 is 0 Å². The predicted molar refractivity (Wildman–Crippen MR) is 51.2 cm³/mol. The fourth-order valence-corrected chi connectivity index (χ4v) is 1.18. The highest BCUT2D eigenvalue weighted by molar-refractivity contribution is 5.75. The molecule has 4 heteroatoms. The third kappa shape index (κ3) is 3.75. The quantitative estimate of drug-likeness (QED) is 0.670. The van der Waals surface area contributed by atoms with E-state index < -0.39 is 0 Å². The largest absolute Gasteiger partial charge is 0.369 e. The first-order chi connectivity index (χ1) is 6.18. The van der Waals surface area contributed by atoms with Crippen LogP contribution in [0, 0.1) is 0 Å². The van der Waals surface area contributed by atoms with Crippen molar-refractivity contribution in [3.8, 4) is 0 Å². The summed E-state index contributed by atoms with van der Waals surface area (Å²) in [6, 6.07) is 3.99. The summed E-state index contributed by atoms with van der Waals surface area (Å²) in [5.74, 6) is -0.283. The van der Waals surface area contributed by atoms with Crippen LogP contribution >= 0.6 is 0 Å². The Balaban J connectivity index is 2.22. The molecule has 1 aromatic rings. The Labute approximate surface area is 77.7 Å². The Hall–Kier alpha value is -1.29. The average molecular weight is 181 g/mol. The van der Waals surface area contributed by atoms with Gasteiger partial charge in [-0.25, -0.2) is 0 Å². The molecule has 0 aromatic carbocycles. The monoisotopic (exact) mass is 181 g/mol. The number of aromatic nitrogens is 1. The highest BCUT2D eigenvalue weighted by Gasteiger charge is 2.02. The molecule has 3 N–H and O–H groups in total. The number of amides is 1. The summed E-state index contributed by atoms with van der Waals surface area (Å²) in [7, 11) is 1.88. The summed E-state index contributed by atoms with van der Waals surface area (Å²) in [5, 5.41) is 0. The molecule has 1 amide bonds. The van der Waals surface area contributed by atoms with Crippen LogP contribution in [-0.2, 0) is 11.2 Å².